The van der Waals surface area contributed by atoms with Crippen LogP contribution in [0, 0.1) is 0 Å². The smallest absolute Gasteiger partial charge is 0.170 e. The van der Waals surface area contributed by atoms with Crippen LogP contribution in [-0.4, -0.2) is 54.0 Å². The van der Waals surface area contributed by atoms with Gasteiger partial charge in [-0.3, -0.25) is 0 Å². The number of thiocarbonyl (C=S) groups is 1. The largest absolute Gasteiger partial charge is 0.384 e. The van der Waals surface area contributed by atoms with Gasteiger partial charge in [-0.25, -0.2) is 9.97 Å². The van der Waals surface area contributed by atoms with Gasteiger partial charge in [-0.2, -0.15) is 0 Å². The number of methoxy groups -OCH3 is 1. The van der Waals surface area contributed by atoms with Crippen LogP contribution in [-0.2, 0) is 17.7 Å². The highest BCUT2D eigenvalue weighted by Crippen LogP contribution is 2.32. The summed E-state index contributed by atoms with van der Waals surface area (Å²) in [6, 6.07) is 20.7. The molecule has 0 bridgehead atoms. The molecule has 39 heavy (non-hydrogen) atoms. The van der Waals surface area contributed by atoms with Crippen LogP contribution in [0.25, 0.3) is 32.7 Å². The maximum Gasteiger partial charge on any atom is 0.170 e. The van der Waals surface area contributed by atoms with Gasteiger partial charge in [0.25, 0.3) is 0 Å². The van der Waals surface area contributed by atoms with Gasteiger partial charge in [0.2, 0.25) is 0 Å². The number of ether oxygens (including phenoxy) is 1. The molecule has 202 valence electrons. The third-order valence-electron chi connectivity index (χ3n) is 6.94. The van der Waals surface area contributed by atoms with E-state index in [0.717, 1.165) is 64.8 Å². The van der Waals surface area contributed by atoms with Crippen molar-refractivity contribution in [1.29, 1.82) is 0 Å². The van der Waals surface area contributed by atoms with Crippen molar-refractivity contribution in [2.45, 2.75) is 25.8 Å². The van der Waals surface area contributed by atoms with Crippen LogP contribution in [0.4, 0.5) is 17.2 Å². The molecule has 0 saturated heterocycles. The molecule has 0 unspecified atom stereocenters. The Balaban J connectivity index is 1.25. The van der Waals surface area contributed by atoms with Gasteiger partial charge in [0, 0.05) is 68.2 Å². The second-order valence-corrected chi connectivity index (χ2v) is 10.2. The number of aromatic nitrogens is 3. The fraction of sp³-hybridized carbons (Fsp3) is 0.300. The van der Waals surface area contributed by atoms with E-state index >= 15 is 0 Å². The molecule has 0 spiro atoms. The maximum absolute atomic E-state index is 6.31. The normalized spacial score (nSPS) is 11.4. The SMILES string of the molecule is COCCc1nc2c(N)nc3ccccc3c2n1CCCCNC(=S)Nc1ccc(N(C)C)c2ccccc12. The minimum atomic E-state index is 0.463. The van der Waals surface area contributed by atoms with E-state index in [2.05, 4.69) is 81.6 Å². The van der Waals surface area contributed by atoms with E-state index in [-0.39, 0.29) is 0 Å². The second-order valence-electron chi connectivity index (χ2n) is 9.79. The average Bonchev–Trinajstić information content (AvgIpc) is 3.31. The third-order valence-corrected chi connectivity index (χ3v) is 7.19. The first-order valence-electron chi connectivity index (χ1n) is 13.2. The predicted molar refractivity (Wildman–Crippen MR) is 167 cm³/mol. The monoisotopic (exact) mass is 541 g/mol. The Morgan fingerprint density at radius 2 is 1.72 bits per heavy atom. The fourth-order valence-corrected chi connectivity index (χ4v) is 5.29. The number of rotatable bonds is 10. The van der Waals surface area contributed by atoms with E-state index in [1.807, 2.05) is 18.2 Å². The van der Waals surface area contributed by atoms with E-state index in [1.165, 1.54) is 11.1 Å². The molecule has 0 radical (unpaired) electrons. The number of unbranched alkanes of at least 4 members (excludes halogenated alkanes) is 1. The van der Waals surface area contributed by atoms with Gasteiger partial charge < -0.3 is 30.6 Å². The first-order chi connectivity index (χ1) is 19.0. The van der Waals surface area contributed by atoms with Crippen molar-refractivity contribution in [1.82, 2.24) is 19.9 Å². The number of aryl methyl sites for hydroxylation is 1. The van der Waals surface area contributed by atoms with Crippen molar-refractivity contribution in [3.05, 3.63) is 66.5 Å². The van der Waals surface area contributed by atoms with Gasteiger partial charge >= 0.3 is 0 Å². The Hall–Kier alpha value is -3.95. The number of imidazole rings is 1. The highest BCUT2D eigenvalue weighted by atomic mass is 32.1. The number of hydrogen-bond donors (Lipinski definition) is 3. The van der Waals surface area contributed by atoms with Gasteiger partial charge in [0.1, 0.15) is 11.3 Å². The number of hydrogen-bond acceptors (Lipinski definition) is 6. The molecule has 0 amide bonds. The number of nitrogens with zero attached hydrogens (tertiary/aromatic N) is 4. The van der Waals surface area contributed by atoms with Crippen LogP contribution in [0.2, 0.25) is 0 Å². The number of pyridine rings is 1. The highest BCUT2D eigenvalue weighted by Gasteiger charge is 2.17. The Labute approximate surface area is 234 Å². The summed E-state index contributed by atoms with van der Waals surface area (Å²) in [6.07, 6.45) is 2.62. The number of nitrogens with two attached hydrogens (primary N) is 1. The third kappa shape index (κ3) is 5.60. The summed E-state index contributed by atoms with van der Waals surface area (Å²) in [5.41, 5.74) is 11.2. The molecule has 0 atom stereocenters. The topological polar surface area (TPSA) is 93.3 Å². The fourth-order valence-electron chi connectivity index (χ4n) is 5.08. The number of anilines is 3. The summed E-state index contributed by atoms with van der Waals surface area (Å²) in [7, 11) is 5.82. The van der Waals surface area contributed by atoms with Gasteiger partial charge in [-0.15, -0.1) is 0 Å². The molecule has 8 nitrogen and oxygen atoms in total. The zero-order valence-corrected chi connectivity index (χ0v) is 23.5. The molecule has 0 aliphatic carbocycles. The number of benzene rings is 3. The van der Waals surface area contributed by atoms with Gasteiger partial charge in [-0.1, -0.05) is 42.5 Å². The van der Waals surface area contributed by atoms with Crippen molar-refractivity contribution in [2.24, 2.45) is 0 Å². The quantitative estimate of drug-likeness (QED) is 0.161. The first-order valence-corrected chi connectivity index (χ1v) is 13.6. The molecular weight excluding hydrogens is 506 g/mol. The molecule has 5 aromatic rings. The maximum atomic E-state index is 6.31. The summed E-state index contributed by atoms with van der Waals surface area (Å²) < 4.78 is 7.63. The van der Waals surface area contributed by atoms with Crippen LogP contribution in [0.3, 0.4) is 0 Å². The second kappa shape index (κ2) is 11.8. The zero-order chi connectivity index (χ0) is 27.4. The van der Waals surface area contributed by atoms with E-state index in [0.29, 0.717) is 24.0 Å². The van der Waals surface area contributed by atoms with Crippen molar-refractivity contribution in [3.8, 4) is 0 Å². The average molecular weight is 542 g/mol. The molecule has 0 aliphatic rings. The number of para-hydroxylation sites is 1. The molecule has 9 heteroatoms. The standard InChI is InChI=1S/C30H35N7OS/c1-36(2)25-15-14-24(20-10-4-5-11-21(20)25)34-30(39)32-17-8-9-18-37-26(16-19-38-3)35-27-28(37)22-12-6-7-13-23(22)33-29(27)31/h4-7,10-15H,8-9,16-19H2,1-3H3,(H2,31,33)(H2,32,34,39). The number of nitrogen functional groups attached to an aromatic ring is 1. The Bertz CT molecular complexity index is 1630. The Kier molecular flexibility index (Phi) is 8.09. The van der Waals surface area contributed by atoms with Gasteiger partial charge in [0.15, 0.2) is 10.9 Å². The molecule has 5 rings (SSSR count). The van der Waals surface area contributed by atoms with Crippen molar-refractivity contribution in [2.75, 3.05) is 50.3 Å². The summed E-state index contributed by atoms with van der Waals surface area (Å²) in [6.45, 7) is 2.19. The minimum absolute atomic E-state index is 0.463. The van der Waals surface area contributed by atoms with Gasteiger partial charge in [0.05, 0.1) is 17.6 Å². The summed E-state index contributed by atoms with van der Waals surface area (Å²) >= 11 is 5.63. The van der Waals surface area contributed by atoms with Crippen LogP contribution >= 0.6 is 12.2 Å². The van der Waals surface area contributed by atoms with Gasteiger partial charge in [-0.05, 0) is 43.3 Å². The summed E-state index contributed by atoms with van der Waals surface area (Å²) in [4.78, 5) is 11.6. The lowest BCUT2D eigenvalue weighted by Gasteiger charge is -2.18. The van der Waals surface area contributed by atoms with Crippen molar-refractivity contribution >= 4 is 67.2 Å². The van der Waals surface area contributed by atoms with Crippen LogP contribution in [0.15, 0.2) is 60.7 Å². The molecule has 2 aromatic heterocycles. The number of nitrogens with one attached hydrogen (secondary N) is 2. The van der Waals surface area contributed by atoms with E-state index in [1.54, 1.807) is 7.11 Å². The molecule has 4 N–H and O–H groups in total. The van der Waals surface area contributed by atoms with E-state index in [4.69, 9.17) is 27.7 Å². The lowest BCUT2D eigenvalue weighted by Crippen LogP contribution is -2.29. The van der Waals surface area contributed by atoms with Crippen LogP contribution in [0.5, 0.6) is 0 Å². The number of fused-ring (bicyclic) bond motifs is 4. The van der Waals surface area contributed by atoms with Crippen LogP contribution < -0.4 is 21.3 Å². The predicted octanol–water partition coefficient (Wildman–Crippen LogP) is 5.34. The van der Waals surface area contributed by atoms with Crippen molar-refractivity contribution in [3.63, 3.8) is 0 Å². The molecule has 0 fully saturated rings. The van der Waals surface area contributed by atoms with Crippen molar-refractivity contribution < 1.29 is 4.74 Å². The molecule has 2 heterocycles. The van der Waals surface area contributed by atoms with E-state index < -0.39 is 0 Å². The lowest BCUT2D eigenvalue weighted by atomic mass is 10.1. The summed E-state index contributed by atoms with van der Waals surface area (Å²) in [5.74, 6) is 1.43. The zero-order valence-electron chi connectivity index (χ0n) is 22.7. The Morgan fingerprint density at radius 1 is 0.974 bits per heavy atom. The van der Waals surface area contributed by atoms with Crippen LogP contribution in [0.1, 0.15) is 18.7 Å². The highest BCUT2D eigenvalue weighted by molar-refractivity contribution is 7.80. The first kappa shape index (κ1) is 26.6. The Morgan fingerprint density at radius 3 is 2.49 bits per heavy atom. The molecule has 0 saturated carbocycles. The molecular formula is C30H35N7OS. The summed E-state index contributed by atoms with van der Waals surface area (Å²) in [5, 5.41) is 10.8. The minimum Gasteiger partial charge on any atom is -0.384 e. The molecule has 3 aromatic carbocycles. The lowest BCUT2D eigenvalue weighted by molar-refractivity contribution is 0.199. The van der Waals surface area contributed by atoms with E-state index in [9.17, 15) is 0 Å². The molecule has 0 aliphatic heterocycles.